The van der Waals surface area contributed by atoms with Gasteiger partial charge in [-0.05, 0) is 64.2 Å². The molecule has 6 nitrogen and oxygen atoms in total. The topological polar surface area (TPSA) is 78.9 Å². The first-order valence-corrected chi connectivity index (χ1v) is 24.8. The Labute approximate surface area is 364 Å². The molecule has 0 spiro atoms. The zero-order valence-electron chi connectivity index (χ0n) is 38.8. The number of hydrogen-bond acceptors (Lipinski definition) is 6. The van der Waals surface area contributed by atoms with Crippen LogP contribution in [0.1, 0.15) is 239 Å². The lowest BCUT2D eigenvalue weighted by Crippen LogP contribution is -2.30. The maximum atomic E-state index is 12.7. The van der Waals surface area contributed by atoms with E-state index in [4.69, 9.17) is 14.2 Å². The summed E-state index contributed by atoms with van der Waals surface area (Å²) in [7, 11) is 0. The lowest BCUT2D eigenvalue weighted by Gasteiger charge is -2.18. The number of ether oxygens (including phenoxy) is 3. The number of carbonyl (C=O) groups is 3. The van der Waals surface area contributed by atoms with Crippen molar-refractivity contribution in [2.45, 2.75) is 245 Å². The van der Waals surface area contributed by atoms with Gasteiger partial charge in [-0.1, -0.05) is 216 Å². The molecule has 0 aromatic heterocycles. The minimum absolute atomic E-state index is 0.0757. The molecule has 0 radical (unpaired) electrons. The summed E-state index contributed by atoms with van der Waals surface area (Å²) in [5.41, 5.74) is 0. The first-order valence-electron chi connectivity index (χ1n) is 24.8. The van der Waals surface area contributed by atoms with Crippen LogP contribution in [0.2, 0.25) is 0 Å². The van der Waals surface area contributed by atoms with Crippen molar-refractivity contribution in [2.75, 3.05) is 13.2 Å². The summed E-state index contributed by atoms with van der Waals surface area (Å²) in [5.74, 6) is -0.892. The van der Waals surface area contributed by atoms with Crippen molar-refractivity contribution in [1.29, 1.82) is 0 Å². The van der Waals surface area contributed by atoms with Crippen LogP contribution in [-0.2, 0) is 28.6 Å². The fraction of sp³-hybridized carbons (Fsp3) is 0.755. The summed E-state index contributed by atoms with van der Waals surface area (Å²) >= 11 is 0. The molecule has 0 rings (SSSR count). The van der Waals surface area contributed by atoms with E-state index in [0.717, 1.165) is 96.3 Å². The molecule has 1 unspecified atom stereocenters. The van der Waals surface area contributed by atoms with Crippen molar-refractivity contribution in [3.63, 3.8) is 0 Å². The van der Waals surface area contributed by atoms with Gasteiger partial charge in [0.1, 0.15) is 13.2 Å². The fourth-order valence-corrected chi connectivity index (χ4v) is 6.82. The lowest BCUT2D eigenvalue weighted by atomic mass is 10.1. The van der Waals surface area contributed by atoms with E-state index in [9.17, 15) is 14.4 Å². The van der Waals surface area contributed by atoms with Crippen LogP contribution in [0, 0.1) is 0 Å². The van der Waals surface area contributed by atoms with Crippen molar-refractivity contribution in [3.8, 4) is 0 Å². The molecule has 0 aromatic rings. The largest absolute Gasteiger partial charge is 0.462 e. The maximum Gasteiger partial charge on any atom is 0.306 e. The third-order valence-electron chi connectivity index (χ3n) is 10.5. The molecule has 0 saturated carbocycles. The van der Waals surface area contributed by atoms with Gasteiger partial charge >= 0.3 is 17.9 Å². The molecular weight excluding hydrogens is 733 g/mol. The minimum atomic E-state index is -0.772. The highest BCUT2D eigenvalue weighted by Gasteiger charge is 2.19. The molecular formula is C53H92O6. The van der Waals surface area contributed by atoms with Crippen molar-refractivity contribution < 1.29 is 28.6 Å². The van der Waals surface area contributed by atoms with E-state index in [0.29, 0.717) is 19.3 Å². The number of unbranched alkanes of at least 4 members (excludes halogenated alkanes) is 23. The number of allylic oxidation sites excluding steroid dienone is 10. The molecule has 340 valence electrons. The number of rotatable bonds is 44. The van der Waals surface area contributed by atoms with Gasteiger partial charge in [0.15, 0.2) is 6.10 Å². The fourth-order valence-electron chi connectivity index (χ4n) is 6.82. The standard InChI is InChI=1S/C53H92O6/c1-4-7-10-13-16-18-20-21-22-23-24-25-26-27-28-29-30-31-33-34-37-40-43-46-52(55)58-49-50(48-57-51(54)45-42-39-36-15-12-9-6-3)59-53(56)47-44-41-38-35-32-19-17-14-11-8-5-2/h7,10,16,18,21-22,24-25,27-28,50H,4-6,8-9,11-15,17,19-20,23,26,29-49H2,1-3H3/b10-7-,18-16-,22-21-,25-24-,28-27-. The summed E-state index contributed by atoms with van der Waals surface area (Å²) in [5, 5.41) is 0. The van der Waals surface area contributed by atoms with Crippen LogP contribution in [-0.4, -0.2) is 37.2 Å². The van der Waals surface area contributed by atoms with E-state index in [1.54, 1.807) is 0 Å². The van der Waals surface area contributed by atoms with Gasteiger partial charge in [0.2, 0.25) is 0 Å². The molecule has 0 N–H and O–H groups in total. The zero-order chi connectivity index (χ0) is 43.0. The van der Waals surface area contributed by atoms with Gasteiger partial charge < -0.3 is 14.2 Å². The Kier molecular flexibility index (Phi) is 45.4. The Bertz CT molecular complexity index is 1090. The zero-order valence-corrected chi connectivity index (χ0v) is 38.8. The second-order valence-corrected chi connectivity index (χ2v) is 16.4. The first-order chi connectivity index (χ1) is 29.0. The van der Waals surface area contributed by atoms with Gasteiger partial charge in [0.05, 0.1) is 0 Å². The molecule has 0 aliphatic carbocycles. The Morgan fingerprint density at radius 3 is 1.03 bits per heavy atom. The Hall–Kier alpha value is -2.89. The second-order valence-electron chi connectivity index (χ2n) is 16.4. The van der Waals surface area contributed by atoms with Crippen LogP contribution >= 0.6 is 0 Å². The SMILES string of the molecule is CC/C=C\C/C=C\C/C=C\C/C=C\C/C=C\CCCCCCCCCC(=O)OCC(COC(=O)CCCCCCCCC)OC(=O)CCCCCCCCCCCCC. The molecule has 6 heteroatoms. The van der Waals surface area contributed by atoms with Crippen LogP contribution in [0.15, 0.2) is 60.8 Å². The molecule has 0 bridgehead atoms. The molecule has 0 amide bonds. The van der Waals surface area contributed by atoms with Crippen molar-refractivity contribution in [3.05, 3.63) is 60.8 Å². The van der Waals surface area contributed by atoms with Crippen molar-refractivity contribution >= 4 is 17.9 Å². The van der Waals surface area contributed by atoms with E-state index >= 15 is 0 Å². The Morgan fingerprint density at radius 1 is 0.356 bits per heavy atom. The van der Waals surface area contributed by atoms with Crippen LogP contribution in [0.4, 0.5) is 0 Å². The van der Waals surface area contributed by atoms with Gasteiger partial charge in [-0.25, -0.2) is 0 Å². The molecule has 0 aliphatic heterocycles. The number of carbonyl (C=O) groups excluding carboxylic acids is 3. The molecule has 1 atom stereocenters. The first kappa shape index (κ1) is 56.1. The smallest absolute Gasteiger partial charge is 0.306 e. The molecule has 0 saturated heterocycles. The summed E-state index contributed by atoms with van der Waals surface area (Å²) < 4.78 is 16.7. The van der Waals surface area contributed by atoms with Crippen LogP contribution in [0.5, 0.6) is 0 Å². The van der Waals surface area contributed by atoms with E-state index in [-0.39, 0.29) is 31.1 Å². The molecule has 0 aromatic carbocycles. The predicted molar refractivity (Wildman–Crippen MR) is 251 cm³/mol. The van der Waals surface area contributed by atoms with Gasteiger partial charge in [-0.2, -0.15) is 0 Å². The minimum Gasteiger partial charge on any atom is -0.462 e. The summed E-state index contributed by atoms with van der Waals surface area (Å²) in [6, 6.07) is 0. The van der Waals surface area contributed by atoms with Crippen LogP contribution < -0.4 is 0 Å². The van der Waals surface area contributed by atoms with E-state index < -0.39 is 6.10 Å². The van der Waals surface area contributed by atoms with E-state index in [1.165, 1.54) is 103 Å². The van der Waals surface area contributed by atoms with Gasteiger partial charge in [0.25, 0.3) is 0 Å². The quantitative estimate of drug-likeness (QED) is 0.0263. The molecule has 0 heterocycles. The Balaban J connectivity index is 4.21. The van der Waals surface area contributed by atoms with Crippen LogP contribution in [0.25, 0.3) is 0 Å². The predicted octanol–water partition coefficient (Wildman–Crippen LogP) is 16.1. The third kappa shape index (κ3) is 46.0. The van der Waals surface area contributed by atoms with Gasteiger partial charge in [-0.15, -0.1) is 0 Å². The van der Waals surface area contributed by atoms with E-state index in [1.807, 2.05) is 0 Å². The monoisotopic (exact) mass is 825 g/mol. The average molecular weight is 825 g/mol. The Morgan fingerprint density at radius 2 is 0.661 bits per heavy atom. The third-order valence-corrected chi connectivity index (χ3v) is 10.5. The van der Waals surface area contributed by atoms with Crippen LogP contribution in [0.3, 0.4) is 0 Å². The molecule has 0 fully saturated rings. The maximum absolute atomic E-state index is 12.7. The lowest BCUT2D eigenvalue weighted by molar-refractivity contribution is -0.167. The molecule has 0 aliphatic rings. The van der Waals surface area contributed by atoms with Crippen molar-refractivity contribution in [1.82, 2.24) is 0 Å². The normalized spacial score (nSPS) is 12.5. The van der Waals surface area contributed by atoms with E-state index in [2.05, 4.69) is 81.5 Å². The van der Waals surface area contributed by atoms with Gasteiger partial charge in [-0.3, -0.25) is 14.4 Å². The van der Waals surface area contributed by atoms with Gasteiger partial charge in [0, 0.05) is 19.3 Å². The summed E-state index contributed by atoms with van der Waals surface area (Å²) in [4.78, 5) is 37.7. The summed E-state index contributed by atoms with van der Waals surface area (Å²) in [6.07, 6.45) is 57.9. The second kappa shape index (κ2) is 47.8. The number of esters is 3. The summed E-state index contributed by atoms with van der Waals surface area (Å²) in [6.45, 7) is 6.46. The number of hydrogen-bond donors (Lipinski definition) is 0. The highest BCUT2D eigenvalue weighted by molar-refractivity contribution is 5.71. The molecule has 59 heavy (non-hydrogen) atoms. The highest BCUT2D eigenvalue weighted by atomic mass is 16.6. The average Bonchev–Trinajstić information content (AvgIpc) is 3.23. The van der Waals surface area contributed by atoms with Crippen molar-refractivity contribution in [2.24, 2.45) is 0 Å². The highest BCUT2D eigenvalue weighted by Crippen LogP contribution is 2.14.